The molecule has 0 atom stereocenters. The summed E-state index contributed by atoms with van der Waals surface area (Å²) >= 11 is 1.52. The van der Waals surface area contributed by atoms with Crippen molar-refractivity contribution in [3.63, 3.8) is 0 Å². The van der Waals surface area contributed by atoms with Gasteiger partial charge in [0.05, 0.1) is 0 Å². The highest BCUT2D eigenvalue weighted by Crippen LogP contribution is 2.21. The van der Waals surface area contributed by atoms with Crippen molar-refractivity contribution in [2.45, 2.75) is 19.9 Å². The van der Waals surface area contributed by atoms with Gasteiger partial charge >= 0.3 is 0 Å². The molecule has 5 nitrogen and oxygen atoms in total. The van der Waals surface area contributed by atoms with Gasteiger partial charge in [-0.1, -0.05) is 6.92 Å². The van der Waals surface area contributed by atoms with E-state index in [0.717, 1.165) is 22.9 Å². The minimum absolute atomic E-state index is 0.0698. The number of hydrogen-bond acceptors (Lipinski definition) is 5. The van der Waals surface area contributed by atoms with Crippen molar-refractivity contribution in [3.8, 4) is 11.4 Å². The average Bonchev–Trinajstić information content (AvgIpc) is 2.81. The van der Waals surface area contributed by atoms with E-state index in [4.69, 9.17) is 0 Å². The van der Waals surface area contributed by atoms with Gasteiger partial charge in [-0.3, -0.25) is 4.79 Å². The molecule has 90 valence electrons. The fourth-order valence-corrected chi connectivity index (χ4v) is 2.13. The lowest BCUT2D eigenvalue weighted by molar-refractivity contribution is 0.570. The van der Waals surface area contributed by atoms with Crippen LogP contribution in [0.15, 0.2) is 22.3 Å². The van der Waals surface area contributed by atoms with Gasteiger partial charge in [0.2, 0.25) is 0 Å². The van der Waals surface area contributed by atoms with Gasteiger partial charge in [0.25, 0.3) is 5.56 Å². The third-order valence-electron chi connectivity index (χ3n) is 2.28. The Morgan fingerprint density at radius 1 is 1.41 bits per heavy atom. The standard InChI is InChI=1S/C11H14N4OS/c1-3-6-15-10(16)5-4-8(14-15)9-7-17-11(12-2)13-9/h4-5,7H,3,6H2,1-2H3,(H,12,13). The van der Waals surface area contributed by atoms with Gasteiger partial charge in [-0.25, -0.2) is 9.67 Å². The van der Waals surface area contributed by atoms with Gasteiger partial charge < -0.3 is 5.32 Å². The zero-order chi connectivity index (χ0) is 12.3. The Bertz CT molecular complexity index is 561. The van der Waals surface area contributed by atoms with Crippen LogP contribution in [0.2, 0.25) is 0 Å². The van der Waals surface area contributed by atoms with Crippen LogP contribution in [0.5, 0.6) is 0 Å². The first-order valence-electron chi connectivity index (χ1n) is 5.46. The minimum atomic E-state index is -0.0698. The summed E-state index contributed by atoms with van der Waals surface area (Å²) in [6.45, 7) is 2.65. The van der Waals surface area contributed by atoms with Gasteiger partial charge in [0, 0.05) is 25.0 Å². The SMILES string of the molecule is CCCn1nc(-c2csc(NC)n2)ccc1=O. The third kappa shape index (κ3) is 2.52. The quantitative estimate of drug-likeness (QED) is 0.899. The Morgan fingerprint density at radius 2 is 2.24 bits per heavy atom. The molecule has 0 saturated carbocycles. The van der Waals surface area contributed by atoms with Crippen molar-refractivity contribution >= 4 is 16.5 Å². The molecular formula is C11H14N4OS. The summed E-state index contributed by atoms with van der Waals surface area (Å²) in [5.41, 5.74) is 1.46. The molecule has 0 radical (unpaired) electrons. The van der Waals surface area contributed by atoms with Crippen LogP contribution in [-0.4, -0.2) is 21.8 Å². The number of aromatic nitrogens is 3. The molecule has 1 N–H and O–H groups in total. The van der Waals surface area contributed by atoms with Crippen LogP contribution in [0.3, 0.4) is 0 Å². The molecule has 2 aromatic heterocycles. The molecule has 0 fully saturated rings. The van der Waals surface area contributed by atoms with Crippen molar-refractivity contribution in [1.29, 1.82) is 0 Å². The normalized spacial score (nSPS) is 10.5. The van der Waals surface area contributed by atoms with E-state index < -0.39 is 0 Å². The largest absolute Gasteiger partial charge is 0.365 e. The summed E-state index contributed by atoms with van der Waals surface area (Å²) in [6, 6.07) is 3.25. The van der Waals surface area contributed by atoms with Crippen molar-refractivity contribution in [1.82, 2.24) is 14.8 Å². The molecule has 0 saturated heterocycles. The topological polar surface area (TPSA) is 59.8 Å². The van der Waals surface area contributed by atoms with Crippen molar-refractivity contribution in [3.05, 3.63) is 27.9 Å². The molecule has 2 rings (SSSR count). The minimum Gasteiger partial charge on any atom is -0.365 e. The summed E-state index contributed by atoms with van der Waals surface area (Å²) in [4.78, 5) is 15.9. The van der Waals surface area contributed by atoms with Gasteiger partial charge in [-0.2, -0.15) is 5.10 Å². The zero-order valence-electron chi connectivity index (χ0n) is 9.80. The summed E-state index contributed by atoms with van der Waals surface area (Å²) in [7, 11) is 1.83. The van der Waals surface area contributed by atoms with Crippen molar-refractivity contribution in [2.75, 3.05) is 12.4 Å². The highest BCUT2D eigenvalue weighted by molar-refractivity contribution is 7.14. The first-order valence-corrected chi connectivity index (χ1v) is 6.34. The van der Waals surface area contributed by atoms with Gasteiger partial charge in [0.1, 0.15) is 11.4 Å². The number of anilines is 1. The maximum absolute atomic E-state index is 11.5. The highest BCUT2D eigenvalue weighted by atomic mass is 32.1. The van der Waals surface area contributed by atoms with Gasteiger partial charge in [-0.05, 0) is 12.5 Å². The fourth-order valence-electron chi connectivity index (χ4n) is 1.46. The van der Waals surface area contributed by atoms with Crippen molar-refractivity contribution in [2.24, 2.45) is 0 Å². The molecule has 0 aromatic carbocycles. The Morgan fingerprint density at radius 3 is 2.88 bits per heavy atom. The predicted octanol–water partition coefficient (Wildman–Crippen LogP) is 1.82. The maximum Gasteiger partial charge on any atom is 0.266 e. The van der Waals surface area contributed by atoms with E-state index in [2.05, 4.69) is 15.4 Å². The summed E-state index contributed by atoms with van der Waals surface area (Å²) in [5, 5.41) is 10.0. The zero-order valence-corrected chi connectivity index (χ0v) is 10.6. The average molecular weight is 250 g/mol. The Kier molecular flexibility index (Phi) is 3.53. The molecule has 0 aliphatic carbocycles. The van der Waals surface area contributed by atoms with E-state index in [-0.39, 0.29) is 5.56 Å². The Balaban J connectivity index is 2.38. The van der Waals surface area contributed by atoms with Crippen LogP contribution in [0, 0.1) is 0 Å². The maximum atomic E-state index is 11.5. The van der Waals surface area contributed by atoms with Crippen LogP contribution in [0.25, 0.3) is 11.4 Å². The molecule has 0 amide bonds. The number of aryl methyl sites for hydroxylation is 1. The monoisotopic (exact) mass is 250 g/mol. The molecule has 6 heteroatoms. The molecule has 0 aliphatic heterocycles. The number of nitrogens with one attached hydrogen (secondary N) is 1. The number of rotatable bonds is 4. The van der Waals surface area contributed by atoms with Crippen molar-refractivity contribution < 1.29 is 0 Å². The van der Waals surface area contributed by atoms with Gasteiger partial charge in [-0.15, -0.1) is 11.3 Å². The van der Waals surface area contributed by atoms with E-state index >= 15 is 0 Å². The smallest absolute Gasteiger partial charge is 0.266 e. The van der Waals surface area contributed by atoms with E-state index in [0.29, 0.717) is 6.54 Å². The molecule has 0 bridgehead atoms. The second-order valence-electron chi connectivity index (χ2n) is 3.57. The van der Waals surface area contributed by atoms with Crippen LogP contribution >= 0.6 is 11.3 Å². The van der Waals surface area contributed by atoms with Crippen LogP contribution in [0.4, 0.5) is 5.13 Å². The molecule has 17 heavy (non-hydrogen) atoms. The lowest BCUT2D eigenvalue weighted by Gasteiger charge is -2.03. The van der Waals surface area contributed by atoms with E-state index in [1.807, 2.05) is 19.4 Å². The fraction of sp³-hybridized carbons (Fsp3) is 0.364. The predicted molar refractivity (Wildman–Crippen MR) is 69.4 cm³/mol. The molecule has 0 spiro atoms. The molecule has 0 unspecified atom stereocenters. The van der Waals surface area contributed by atoms with Crippen LogP contribution in [0.1, 0.15) is 13.3 Å². The molecule has 2 heterocycles. The second-order valence-corrected chi connectivity index (χ2v) is 4.43. The number of nitrogens with zero attached hydrogens (tertiary/aromatic N) is 3. The summed E-state index contributed by atoms with van der Waals surface area (Å²) < 4.78 is 1.48. The van der Waals surface area contributed by atoms with E-state index in [1.165, 1.54) is 22.1 Å². The molecule has 2 aromatic rings. The number of thiazole rings is 1. The Hall–Kier alpha value is -1.69. The lowest BCUT2D eigenvalue weighted by atomic mass is 10.3. The van der Waals surface area contributed by atoms with Gasteiger partial charge in [0.15, 0.2) is 5.13 Å². The lowest BCUT2D eigenvalue weighted by Crippen LogP contribution is -2.21. The van der Waals surface area contributed by atoms with E-state index in [9.17, 15) is 4.79 Å². The summed E-state index contributed by atoms with van der Waals surface area (Å²) in [6.07, 6.45) is 0.884. The van der Waals surface area contributed by atoms with Crippen LogP contribution in [-0.2, 0) is 6.54 Å². The molecular weight excluding hydrogens is 236 g/mol. The second kappa shape index (κ2) is 5.09. The first-order chi connectivity index (χ1) is 8.24. The third-order valence-corrected chi connectivity index (χ3v) is 3.14. The van der Waals surface area contributed by atoms with E-state index in [1.54, 1.807) is 6.07 Å². The number of hydrogen-bond donors (Lipinski definition) is 1. The highest BCUT2D eigenvalue weighted by Gasteiger charge is 2.06. The molecule has 0 aliphatic rings. The summed E-state index contributed by atoms with van der Waals surface area (Å²) in [5.74, 6) is 0. The Labute approximate surface area is 103 Å². The first kappa shape index (κ1) is 11.8. The van der Waals surface area contributed by atoms with Crippen LogP contribution < -0.4 is 10.9 Å².